The number of aromatic nitrogens is 1. The molecule has 2 amide bonds. The maximum Gasteiger partial charge on any atom is 0.420 e. The SMILES string of the molecule is C[C@H](C(=O)N1CCN(C(=O)C2CC2)CC1)n1c(=O)oc2ccccc21. The van der Waals surface area contributed by atoms with Gasteiger partial charge < -0.3 is 14.2 Å². The van der Waals surface area contributed by atoms with Crippen molar-refractivity contribution in [3.8, 4) is 0 Å². The Morgan fingerprint density at radius 3 is 2.40 bits per heavy atom. The van der Waals surface area contributed by atoms with Gasteiger partial charge in [0.25, 0.3) is 0 Å². The van der Waals surface area contributed by atoms with Crippen LogP contribution in [0.4, 0.5) is 0 Å². The molecule has 1 saturated heterocycles. The lowest BCUT2D eigenvalue weighted by Crippen LogP contribution is -2.52. The van der Waals surface area contributed by atoms with E-state index in [0.29, 0.717) is 37.3 Å². The number of hydrogen-bond acceptors (Lipinski definition) is 4. The molecule has 1 aromatic carbocycles. The highest BCUT2D eigenvalue weighted by molar-refractivity contribution is 5.84. The summed E-state index contributed by atoms with van der Waals surface area (Å²) in [7, 11) is 0. The number of para-hydroxylation sites is 2. The first-order chi connectivity index (χ1) is 12.1. The molecule has 0 bridgehead atoms. The van der Waals surface area contributed by atoms with Crippen LogP contribution in [0.1, 0.15) is 25.8 Å². The van der Waals surface area contributed by atoms with E-state index in [9.17, 15) is 14.4 Å². The van der Waals surface area contributed by atoms with Gasteiger partial charge in [-0.25, -0.2) is 4.79 Å². The predicted octanol–water partition coefficient (Wildman–Crippen LogP) is 1.24. The standard InChI is InChI=1S/C18H21N3O4/c1-12(21-14-4-2-3-5-15(14)25-18(21)24)16(22)19-8-10-20(11-9-19)17(23)13-6-7-13/h2-5,12-13H,6-11H2,1H3/t12-/m1/s1. The number of benzene rings is 1. The molecule has 0 N–H and O–H groups in total. The van der Waals surface area contributed by atoms with Crippen molar-refractivity contribution in [3.05, 3.63) is 34.8 Å². The zero-order valence-corrected chi connectivity index (χ0v) is 14.2. The third kappa shape index (κ3) is 2.83. The van der Waals surface area contributed by atoms with E-state index in [1.807, 2.05) is 11.0 Å². The smallest absolute Gasteiger partial charge is 0.408 e. The number of amides is 2. The molecule has 25 heavy (non-hydrogen) atoms. The summed E-state index contributed by atoms with van der Waals surface area (Å²) >= 11 is 0. The van der Waals surface area contributed by atoms with Crippen molar-refractivity contribution in [2.75, 3.05) is 26.2 Å². The number of carbonyl (C=O) groups is 2. The minimum absolute atomic E-state index is 0.118. The quantitative estimate of drug-likeness (QED) is 0.840. The average Bonchev–Trinajstić information content (AvgIpc) is 3.42. The molecule has 7 heteroatoms. The van der Waals surface area contributed by atoms with E-state index in [1.54, 1.807) is 30.0 Å². The van der Waals surface area contributed by atoms with Crippen molar-refractivity contribution in [1.82, 2.24) is 14.4 Å². The average molecular weight is 343 g/mol. The van der Waals surface area contributed by atoms with Crippen LogP contribution in [0.5, 0.6) is 0 Å². The first-order valence-electron chi connectivity index (χ1n) is 8.74. The van der Waals surface area contributed by atoms with Gasteiger partial charge in [-0.1, -0.05) is 12.1 Å². The maximum atomic E-state index is 12.8. The molecule has 0 radical (unpaired) electrons. The monoisotopic (exact) mass is 343 g/mol. The Morgan fingerprint density at radius 1 is 1.08 bits per heavy atom. The Hall–Kier alpha value is -2.57. The second-order valence-electron chi connectivity index (χ2n) is 6.81. The molecule has 2 aromatic rings. The van der Waals surface area contributed by atoms with Crippen molar-refractivity contribution in [2.45, 2.75) is 25.8 Å². The van der Waals surface area contributed by atoms with Gasteiger partial charge in [0.1, 0.15) is 6.04 Å². The van der Waals surface area contributed by atoms with Crippen LogP contribution in [-0.2, 0) is 9.59 Å². The summed E-state index contributed by atoms with van der Waals surface area (Å²) in [5, 5.41) is 0. The van der Waals surface area contributed by atoms with E-state index in [1.165, 1.54) is 4.57 Å². The molecule has 2 heterocycles. The maximum absolute atomic E-state index is 12.8. The van der Waals surface area contributed by atoms with Gasteiger partial charge in [0.2, 0.25) is 11.8 Å². The highest BCUT2D eigenvalue weighted by atomic mass is 16.4. The molecule has 132 valence electrons. The minimum Gasteiger partial charge on any atom is -0.408 e. The summed E-state index contributed by atoms with van der Waals surface area (Å²) in [6.45, 7) is 3.86. The van der Waals surface area contributed by atoms with E-state index in [4.69, 9.17) is 4.42 Å². The first kappa shape index (κ1) is 15.9. The van der Waals surface area contributed by atoms with Crippen molar-refractivity contribution in [2.24, 2.45) is 5.92 Å². The fourth-order valence-corrected chi connectivity index (χ4v) is 3.46. The largest absolute Gasteiger partial charge is 0.420 e. The second kappa shape index (κ2) is 6.06. The Balaban J connectivity index is 1.48. The van der Waals surface area contributed by atoms with Crippen LogP contribution < -0.4 is 5.76 Å². The first-order valence-corrected chi connectivity index (χ1v) is 8.74. The number of oxazole rings is 1. The minimum atomic E-state index is -0.637. The summed E-state index contributed by atoms with van der Waals surface area (Å²) in [5.74, 6) is -0.217. The lowest BCUT2D eigenvalue weighted by Gasteiger charge is -2.36. The van der Waals surface area contributed by atoms with Gasteiger partial charge in [0, 0.05) is 32.1 Å². The molecule has 1 atom stereocenters. The summed E-state index contributed by atoms with van der Waals surface area (Å²) in [6.07, 6.45) is 1.98. The fourth-order valence-electron chi connectivity index (χ4n) is 3.46. The summed E-state index contributed by atoms with van der Waals surface area (Å²) in [5.41, 5.74) is 1.10. The highest BCUT2D eigenvalue weighted by Crippen LogP contribution is 2.31. The molecular formula is C18H21N3O4. The predicted molar refractivity (Wildman–Crippen MR) is 91.1 cm³/mol. The van der Waals surface area contributed by atoms with Crippen molar-refractivity contribution in [3.63, 3.8) is 0 Å². The van der Waals surface area contributed by atoms with Crippen LogP contribution in [0.3, 0.4) is 0 Å². The second-order valence-corrected chi connectivity index (χ2v) is 6.81. The van der Waals surface area contributed by atoms with Crippen LogP contribution in [0.2, 0.25) is 0 Å². The number of carbonyl (C=O) groups excluding carboxylic acids is 2. The van der Waals surface area contributed by atoms with Gasteiger partial charge in [-0.2, -0.15) is 0 Å². The van der Waals surface area contributed by atoms with E-state index in [-0.39, 0.29) is 17.7 Å². The molecule has 2 fully saturated rings. The zero-order chi connectivity index (χ0) is 17.6. The Kier molecular flexibility index (Phi) is 3.86. The van der Waals surface area contributed by atoms with E-state index >= 15 is 0 Å². The lowest BCUT2D eigenvalue weighted by atomic mass is 10.2. The van der Waals surface area contributed by atoms with Crippen LogP contribution in [0.15, 0.2) is 33.5 Å². The van der Waals surface area contributed by atoms with Gasteiger partial charge in [0.15, 0.2) is 5.58 Å². The molecule has 7 nitrogen and oxygen atoms in total. The third-order valence-electron chi connectivity index (χ3n) is 5.09. The molecule has 1 saturated carbocycles. The van der Waals surface area contributed by atoms with Crippen LogP contribution in [-0.4, -0.2) is 52.4 Å². The topological polar surface area (TPSA) is 75.8 Å². The molecule has 2 aliphatic rings. The number of piperazine rings is 1. The number of hydrogen-bond donors (Lipinski definition) is 0. The number of fused-ring (bicyclic) bond motifs is 1. The Labute approximate surface area is 144 Å². The van der Waals surface area contributed by atoms with Crippen molar-refractivity contribution >= 4 is 22.9 Å². The number of rotatable bonds is 3. The van der Waals surface area contributed by atoms with E-state index in [2.05, 4.69) is 0 Å². The highest BCUT2D eigenvalue weighted by Gasteiger charge is 2.36. The molecule has 4 rings (SSSR count). The van der Waals surface area contributed by atoms with E-state index in [0.717, 1.165) is 12.8 Å². The zero-order valence-electron chi connectivity index (χ0n) is 14.2. The molecule has 0 spiro atoms. The molecule has 1 aliphatic heterocycles. The Morgan fingerprint density at radius 2 is 1.72 bits per heavy atom. The fraction of sp³-hybridized carbons (Fsp3) is 0.500. The Bertz CT molecular complexity index is 872. The molecule has 0 unspecified atom stereocenters. The normalized spacial score (nSPS) is 19.2. The van der Waals surface area contributed by atoms with Crippen molar-refractivity contribution in [1.29, 1.82) is 0 Å². The molecule has 1 aliphatic carbocycles. The van der Waals surface area contributed by atoms with Gasteiger partial charge in [-0.3, -0.25) is 14.2 Å². The summed E-state index contributed by atoms with van der Waals surface area (Å²) in [4.78, 5) is 40.7. The van der Waals surface area contributed by atoms with Gasteiger partial charge in [-0.05, 0) is 31.9 Å². The summed E-state index contributed by atoms with van der Waals surface area (Å²) in [6, 6.07) is 6.45. The van der Waals surface area contributed by atoms with Crippen molar-refractivity contribution < 1.29 is 14.0 Å². The van der Waals surface area contributed by atoms with Gasteiger partial charge in [-0.15, -0.1) is 0 Å². The molecular weight excluding hydrogens is 322 g/mol. The molecule has 1 aromatic heterocycles. The van der Waals surface area contributed by atoms with Crippen LogP contribution >= 0.6 is 0 Å². The van der Waals surface area contributed by atoms with Gasteiger partial charge >= 0.3 is 5.76 Å². The van der Waals surface area contributed by atoms with E-state index < -0.39 is 11.8 Å². The lowest BCUT2D eigenvalue weighted by molar-refractivity contribution is -0.142. The third-order valence-corrected chi connectivity index (χ3v) is 5.09. The van der Waals surface area contributed by atoms with Crippen LogP contribution in [0.25, 0.3) is 11.1 Å². The summed E-state index contributed by atoms with van der Waals surface area (Å²) < 4.78 is 6.63. The number of nitrogens with zero attached hydrogens (tertiary/aromatic N) is 3. The van der Waals surface area contributed by atoms with Gasteiger partial charge in [0.05, 0.1) is 5.52 Å². The van der Waals surface area contributed by atoms with Crippen LogP contribution in [0, 0.1) is 5.92 Å².